The number of sulfonamides is 1. The highest BCUT2D eigenvalue weighted by Gasteiger charge is 2.53. The number of hydrogen-bond acceptors (Lipinski definition) is 7. The lowest BCUT2D eigenvalue weighted by Crippen LogP contribution is -2.52. The molecule has 2 aliphatic rings. The maximum Gasteiger partial charge on any atom is 0.373 e. The molecule has 2 aromatic carbocycles. The number of hydrogen-bond donors (Lipinski definition) is 2. The van der Waals surface area contributed by atoms with Gasteiger partial charge in [0.15, 0.2) is 11.6 Å². The Bertz CT molecular complexity index is 1390. The molecule has 2 N–H and O–H groups in total. The lowest BCUT2D eigenvalue weighted by molar-refractivity contribution is -0.126. The van der Waals surface area contributed by atoms with Gasteiger partial charge in [0.05, 0.1) is 11.1 Å². The van der Waals surface area contributed by atoms with Gasteiger partial charge in [0.1, 0.15) is 22.4 Å². The van der Waals surface area contributed by atoms with Crippen molar-refractivity contribution in [2.75, 3.05) is 12.0 Å². The minimum atomic E-state index is -4.34. The molecule has 1 aliphatic carbocycles. The van der Waals surface area contributed by atoms with E-state index in [1.54, 1.807) is 18.2 Å². The Hall–Kier alpha value is -2.81. The van der Waals surface area contributed by atoms with Gasteiger partial charge in [0.2, 0.25) is 0 Å². The molecule has 0 radical (unpaired) electrons. The molecule has 0 amide bonds. The lowest BCUT2D eigenvalue weighted by atomic mass is 9.60. The third-order valence-electron chi connectivity index (χ3n) is 6.32. The van der Waals surface area contributed by atoms with E-state index in [2.05, 4.69) is 9.71 Å². The monoisotopic (exact) mass is 518 g/mol. The maximum absolute atomic E-state index is 14.0. The van der Waals surface area contributed by atoms with Crippen molar-refractivity contribution in [1.82, 2.24) is 0 Å². The number of anilines is 1. The van der Waals surface area contributed by atoms with E-state index in [9.17, 15) is 27.5 Å². The van der Waals surface area contributed by atoms with E-state index < -0.39 is 34.7 Å². The van der Waals surface area contributed by atoms with Crippen LogP contribution in [0, 0.1) is 5.92 Å². The molecule has 4 rings (SSSR count). The van der Waals surface area contributed by atoms with Crippen LogP contribution in [0.25, 0.3) is 0 Å². The van der Waals surface area contributed by atoms with Gasteiger partial charge in [-0.15, -0.1) is 4.40 Å². The van der Waals surface area contributed by atoms with Crippen LogP contribution >= 0.6 is 7.60 Å². The molecule has 35 heavy (non-hydrogen) atoms. The quantitative estimate of drug-likeness (QED) is 0.408. The van der Waals surface area contributed by atoms with E-state index in [4.69, 9.17) is 4.52 Å². The molecule has 1 heterocycles. The summed E-state index contributed by atoms with van der Waals surface area (Å²) in [7, 11) is -8.25. The van der Waals surface area contributed by atoms with Crippen LogP contribution in [0.2, 0.25) is 0 Å². The van der Waals surface area contributed by atoms with Gasteiger partial charge in [-0.25, -0.2) is 4.57 Å². The predicted molar refractivity (Wildman–Crippen MR) is 132 cm³/mol. The first-order valence-electron chi connectivity index (χ1n) is 11.4. The SMILES string of the molecule is CCCC1(CCC)C(=O)C(C2=NS(=O)(=O)c3cc(OP(C)(=O)O)ccc3N2)C(=O)c2ccccc21. The number of benzene rings is 2. The highest BCUT2D eigenvalue weighted by atomic mass is 32.2. The summed E-state index contributed by atoms with van der Waals surface area (Å²) in [5.41, 5.74) is 0.261. The molecular weight excluding hydrogens is 491 g/mol. The van der Waals surface area contributed by atoms with E-state index in [0.29, 0.717) is 36.8 Å². The highest BCUT2D eigenvalue weighted by molar-refractivity contribution is 7.90. The second-order valence-corrected chi connectivity index (χ2v) is 12.3. The molecule has 0 bridgehead atoms. The average Bonchev–Trinajstić information content (AvgIpc) is 2.77. The number of rotatable bonds is 7. The summed E-state index contributed by atoms with van der Waals surface area (Å²) in [5.74, 6) is -2.61. The molecule has 186 valence electrons. The van der Waals surface area contributed by atoms with Crippen molar-refractivity contribution in [3.8, 4) is 5.75 Å². The Morgan fingerprint density at radius 2 is 1.77 bits per heavy atom. The van der Waals surface area contributed by atoms with Gasteiger partial charge in [-0.05, 0) is 30.5 Å². The largest absolute Gasteiger partial charge is 0.425 e. The molecule has 2 aromatic rings. The van der Waals surface area contributed by atoms with E-state index in [0.717, 1.165) is 12.7 Å². The minimum Gasteiger partial charge on any atom is -0.425 e. The predicted octanol–water partition coefficient (Wildman–Crippen LogP) is 4.31. The smallest absolute Gasteiger partial charge is 0.373 e. The number of fused-ring (bicyclic) bond motifs is 2. The van der Waals surface area contributed by atoms with Crippen molar-refractivity contribution < 1.29 is 32.0 Å². The summed E-state index contributed by atoms with van der Waals surface area (Å²) in [6, 6.07) is 10.8. The van der Waals surface area contributed by atoms with Crippen molar-refractivity contribution in [3.63, 3.8) is 0 Å². The number of carbonyl (C=O) groups is 2. The molecular formula is C24H27N2O7PS. The molecule has 0 spiro atoms. The summed E-state index contributed by atoms with van der Waals surface area (Å²) < 4.78 is 46.5. The van der Waals surface area contributed by atoms with Crippen LogP contribution in [0.3, 0.4) is 0 Å². The van der Waals surface area contributed by atoms with Gasteiger partial charge in [-0.3, -0.25) is 9.59 Å². The standard InChI is InChI=1S/C24H27N2O7PS/c1-4-12-24(13-5-2)17-9-7-6-8-16(17)21(27)20(22(24)28)23-25-18-11-10-15(33-34(3,29)30)14-19(18)35(31,32)26-23/h6-11,14,20H,4-5,12-13H2,1-3H3,(H,25,26)(H,29,30). The van der Waals surface area contributed by atoms with Gasteiger partial charge < -0.3 is 14.7 Å². The van der Waals surface area contributed by atoms with Crippen molar-refractivity contribution in [3.05, 3.63) is 53.6 Å². The van der Waals surface area contributed by atoms with Crippen LogP contribution in [0.15, 0.2) is 51.8 Å². The van der Waals surface area contributed by atoms with Crippen molar-refractivity contribution in [2.24, 2.45) is 10.3 Å². The zero-order valence-corrected chi connectivity index (χ0v) is 21.4. The summed E-state index contributed by atoms with van der Waals surface area (Å²) >= 11 is 0. The Morgan fingerprint density at radius 1 is 1.11 bits per heavy atom. The number of amidine groups is 1. The first-order valence-corrected chi connectivity index (χ1v) is 14.8. The molecule has 0 saturated carbocycles. The fraction of sp³-hybridized carbons (Fsp3) is 0.375. The number of ketones is 2. The fourth-order valence-corrected chi connectivity index (χ4v) is 6.75. The zero-order chi connectivity index (χ0) is 25.6. The molecule has 0 fully saturated rings. The fourth-order valence-electron chi connectivity index (χ4n) is 5.08. The molecule has 9 nitrogen and oxygen atoms in total. The lowest BCUT2D eigenvalue weighted by Gasteiger charge is -2.41. The van der Waals surface area contributed by atoms with Crippen LogP contribution in [0.4, 0.5) is 5.69 Å². The topological polar surface area (TPSA) is 139 Å². The molecule has 0 aromatic heterocycles. The number of nitrogens with zero attached hydrogens (tertiary/aromatic N) is 1. The van der Waals surface area contributed by atoms with E-state index in [-0.39, 0.29) is 28.0 Å². The first-order chi connectivity index (χ1) is 16.4. The molecule has 11 heteroatoms. The van der Waals surface area contributed by atoms with E-state index in [1.807, 2.05) is 19.9 Å². The summed E-state index contributed by atoms with van der Waals surface area (Å²) in [6.45, 7) is 4.92. The number of nitrogens with one attached hydrogen (secondary N) is 1. The third kappa shape index (κ3) is 4.46. The maximum atomic E-state index is 14.0. The van der Waals surface area contributed by atoms with Gasteiger partial charge in [-0.1, -0.05) is 51.0 Å². The van der Waals surface area contributed by atoms with Crippen LogP contribution in [-0.2, 0) is 24.8 Å². The normalized spacial score (nSPS) is 21.7. The van der Waals surface area contributed by atoms with Crippen molar-refractivity contribution in [2.45, 2.75) is 49.8 Å². The minimum absolute atomic E-state index is 0.0993. The van der Waals surface area contributed by atoms with Gasteiger partial charge in [0, 0.05) is 18.3 Å². The van der Waals surface area contributed by atoms with Crippen molar-refractivity contribution >= 4 is 40.7 Å². The van der Waals surface area contributed by atoms with E-state index in [1.165, 1.54) is 12.1 Å². The van der Waals surface area contributed by atoms with Crippen LogP contribution < -0.4 is 9.84 Å². The summed E-state index contributed by atoms with van der Waals surface area (Å²) in [6.07, 6.45) is 2.46. The van der Waals surface area contributed by atoms with Crippen molar-refractivity contribution in [1.29, 1.82) is 0 Å². The third-order valence-corrected chi connectivity index (χ3v) is 8.20. The average molecular weight is 519 g/mol. The van der Waals surface area contributed by atoms with E-state index >= 15 is 0 Å². The molecule has 2 unspecified atom stereocenters. The molecule has 1 aliphatic heterocycles. The second-order valence-electron chi connectivity index (χ2n) is 8.92. The number of carbonyl (C=O) groups excluding carboxylic acids is 2. The van der Waals surface area contributed by atoms with Crippen LogP contribution in [-0.4, -0.2) is 37.4 Å². The highest BCUT2D eigenvalue weighted by Crippen LogP contribution is 2.46. The second kappa shape index (κ2) is 9.00. The Morgan fingerprint density at radius 3 is 2.40 bits per heavy atom. The summed E-state index contributed by atoms with van der Waals surface area (Å²) in [4.78, 5) is 36.7. The Kier molecular flexibility index (Phi) is 6.51. The Labute approximate surface area is 204 Å². The van der Waals surface area contributed by atoms with Crippen LogP contribution in [0.5, 0.6) is 5.75 Å². The molecule has 2 atom stereocenters. The van der Waals surface area contributed by atoms with Crippen LogP contribution in [0.1, 0.15) is 55.5 Å². The first kappa shape index (κ1) is 25.3. The molecule has 0 saturated heterocycles. The van der Waals surface area contributed by atoms with Gasteiger partial charge in [0.25, 0.3) is 10.0 Å². The number of Topliss-reactive ketones (excluding diaryl/α,β-unsaturated/α-hetero) is 2. The Balaban J connectivity index is 1.83. The van der Waals surface area contributed by atoms with Gasteiger partial charge in [-0.2, -0.15) is 8.42 Å². The van der Waals surface area contributed by atoms with Gasteiger partial charge >= 0.3 is 7.60 Å². The summed E-state index contributed by atoms with van der Waals surface area (Å²) in [5, 5.41) is 2.87. The zero-order valence-electron chi connectivity index (χ0n) is 19.6.